The van der Waals surface area contributed by atoms with Gasteiger partial charge in [0.1, 0.15) is 5.75 Å². The summed E-state index contributed by atoms with van der Waals surface area (Å²) >= 11 is 0. The van der Waals surface area contributed by atoms with Crippen LogP contribution in [-0.4, -0.2) is 32.3 Å². The van der Waals surface area contributed by atoms with Gasteiger partial charge in [0, 0.05) is 6.42 Å². The van der Waals surface area contributed by atoms with Gasteiger partial charge in [0.25, 0.3) is 0 Å². The Morgan fingerprint density at radius 2 is 1.41 bits per heavy atom. The Balaban J connectivity index is 1.87. The van der Waals surface area contributed by atoms with Crippen LogP contribution in [0.25, 0.3) is 11.1 Å². The van der Waals surface area contributed by atoms with Crippen LogP contribution in [0.4, 0.5) is 0 Å². The predicted molar refractivity (Wildman–Crippen MR) is 104 cm³/mol. The highest BCUT2D eigenvalue weighted by Gasteiger charge is 2.27. The van der Waals surface area contributed by atoms with Gasteiger partial charge < -0.3 is 14.2 Å². The number of ether oxygens (including phenoxy) is 3. The van der Waals surface area contributed by atoms with Crippen LogP contribution in [0, 0.1) is 5.92 Å². The lowest BCUT2D eigenvalue weighted by Crippen LogP contribution is -2.28. The lowest BCUT2D eigenvalue weighted by atomic mass is 10.0. The van der Waals surface area contributed by atoms with Gasteiger partial charge in [0.15, 0.2) is 5.92 Å². The topological polar surface area (TPSA) is 61.8 Å². The molecule has 0 aliphatic heterocycles. The standard InChI is InChI=1S/C22H26O5/c1-4-20(21(23)26-5-2)22(24)27-15-14-16-6-8-17(9-7-16)18-10-12-19(25-3)13-11-18/h6-13,20H,4-5,14-15H2,1-3H3. The summed E-state index contributed by atoms with van der Waals surface area (Å²) in [5.41, 5.74) is 3.27. The fourth-order valence-electron chi connectivity index (χ4n) is 2.69. The van der Waals surface area contributed by atoms with Crippen molar-refractivity contribution < 1.29 is 23.8 Å². The molecular weight excluding hydrogens is 344 g/mol. The molecule has 27 heavy (non-hydrogen) atoms. The molecule has 0 aliphatic carbocycles. The molecule has 1 atom stereocenters. The lowest BCUT2D eigenvalue weighted by molar-refractivity contribution is -0.161. The first-order chi connectivity index (χ1) is 13.1. The highest BCUT2D eigenvalue weighted by Crippen LogP contribution is 2.22. The van der Waals surface area contributed by atoms with Gasteiger partial charge in [-0.15, -0.1) is 0 Å². The molecule has 144 valence electrons. The third-order valence-electron chi connectivity index (χ3n) is 4.28. The Morgan fingerprint density at radius 3 is 1.93 bits per heavy atom. The molecule has 2 aromatic carbocycles. The molecule has 0 spiro atoms. The van der Waals surface area contributed by atoms with Gasteiger partial charge in [0.2, 0.25) is 0 Å². The van der Waals surface area contributed by atoms with E-state index in [1.807, 2.05) is 48.5 Å². The van der Waals surface area contributed by atoms with Gasteiger partial charge in [0.05, 0.1) is 20.3 Å². The van der Waals surface area contributed by atoms with Crippen LogP contribution in [0.3, 0.4) is 0 Å². The highest BCUT2D eigenvalue weighted by atomic mass is 16.6. The van der Waals surface area contributed by atoms with Crippen LogP contribution in [0.15, 0.2) is 48.5 Å². The Labute approximate surface area is 160 Å². The fourth-order valence-corrected chi connectivity index (χ4v) is 2.69. The maximum atomic E-state index is 12.0. The molecule has 0 heterocycles. The first-order valence-corrected chi connectivity index (χ1v) is 9.15. The first kappa shape index (κ1) is 20.5. The normalized spacial score (nSPS) is 11.5. The quantitative estimate of drug-likeness (QED) is 0.492. The molecule has 0 aliphatic rings. The molecule has 2 aromatic rings. The van der Waals surface area contributed by atoms with E-state index in [1.165, 1.54) is 0 Å². The minimum Gasteiger partial charge on any atom is -0.497 e. The zero-order chi connectivity index (χ0) is 19.6. The zero-order valence-corrected chi connectivity index (χ0v) is 16.1. The van der Waals surface area contributed by atoms with Gasteiger partial charge in [-0.25, -0.2) is 0 Å². The van der Waals surface area contributed by atoms with E-state index in [-0.39, 0.29) is 13.2 Å². The Kier molecular flexibility index (Phi) is 7.86. The Hall–Kier alpha value is -2.82. The van der Waals surface area contributed by atoms with Crippen LogP contribution in [-0.2, 0) is 25.5 Å². The van der Waals surface area contributed by atoms with Crippen molar-refractivity contribution in [3.05, 3.63) is 54.1 Å². The van der Waals surface area contributed by atoms with E-state index in [9.17, 15) is 9.59 Å². The SMILES string of the molecule is CCOC(=O)C(CC)C(=O)OCCc1ccc(-c2ccc(OC)cc2)cc1. The summed E-state index contributed by atoms with van der Waals surface area (Å²) in [6.07, 6.45) is 0.960. The molecule has 1 unspecified atom stereocenters. The third-order valence-corrected chi connectivity index (χ3v) is 4.28. The average Bonchev–Trinajstić information content (AvgIpc) is 2.69. The lowest BCUT2D eigenvalue weighted by Gasteiger charge is -2.13. The van der Waals surface area contributed by atoms with Crippen molar-refractivity contribution in [2.45, 2.75) is 26.7 Å². The van der Waals surface area contributed by atoms with E-state index in [0.717, 1.165) is 22.4 Å². The van der Waals surface area contributed by atoms with Crippen molar-refractivity contribution in [1.82, 2.24) is 0 Å². The molecule has 0 fully saturated rings. The summed E-state index contributed by atoms with van der Waals surface area (Å²) in [6.45, 7) is 3.96. The summed E-state index contributed by atoms with van der Waals surface area (Å²) in [4.78, 5) is 23.8. The first-order valence-electron chi connectivity index (χ1n) is 9.15. The van der Waals surface area contributed by atoms with E-state index in [4.69, 9.17) is 14.2 Å². The number of esters is 2. The number of carbonyl (C=O) groups is 2. The number of benzene rings is 2. The molecule has 0 bridgehead atoms. The smallest absolute Gasteiger partial charge is 0.320 e. The van der Waals surface area contributed by atoms with E-state index in [2.05, 4.69) is 0 Å². The predicted octanol–water partition coefficient (Wildman–Crippen LogP) is 4.04. The number of hydrogen-bond acceptors (Lipinski definition) is 5. The molecular formula is C22H26O5. The van der Waals surface area contributed by atoms with Crippen LogP contribution >= 0.6 is 0 Å². The van der Waals surface area contributed by atoms with Crippen molar-refractivity contribution in [3.8, 4) is 16.9 Å². The van der Waals surface area contributed by atoms with Crippen molar-refractivity contribution in [1.29, 1.82) is 0 Å². The van der Waals surface area contributed by atoms with Crippen molar-refractivity contribution >= 4 is 11.9 Å². The van der Waals surface area contributed by atoms with Gasteiger partial charge in [-0.2, -0.15) is 0 Å². The van der Waals surface area contributed by atoms with E-state index < -0.39 is 17.9 Å². The Morgan fingerprint density at radius 1 is 0.852 bits per heavy atom. The largest absolute Gasteiger partial charge is 0.497 e. The zero-order valence-electron chi connectivity index (χ0n) is 16.1. The maximum Gasteiger partial charge on any atom is 0.320 e. The van der Waals surface area contributed by atoms with Crippen LogP contribution < -0.4 is 4.74 Å². The van der Waals surface area contributed by atoms with E-state index >= 15 is 0 Å². The second-order valence-electron chi connectivity index (χ2n) is 6.06. The molecule has 0 radical (unpaired) electrons. The third kappa shape index (κ3) is 5.84. The number of hydrogen-bond donors (Lipinski definition) is 0. The molecule has 0 aromatic heterocycles. The van der Waals surface area contributed by atoms with Gasteiger partial charge in [-0.3, -0.25) is 9.59 Å². The van der Waals surface area contributed by atoms with Crippen LogP contribution in [0.2, 0.25) is 0 Å². The van der Waals surface area contributed by atoms with Crippen molar-refractivity contribution in [3.63, 3.8) is 0 Å². The summed E-state index contributed by atoms with van der Waals surface area (Å²) in [5.74, 6) is -1.06. The molecule has 0 amide bonds. The van der Waals surface area contributed by atoms with Crippen LogP contribution in [0.1, 0.15) is 25.8 Å². The molecule has 5 nitrogen and oxygen atoms in total. The molecule has 2 rings (SSSR count). The minimum atomic E-state index is -0.845. The number of methoxy groups -OCH3 is 1. The van der Waals surface area contributed by atoms with Crippen LogP contribution in [0.5, 0.6) is 5.75 Å². The van der Waals surface area contributed by atoms with Crippen molar-refractivity contribution in [2.75, 3.05) is 20.3 Å². The molecule has 5 heteroatoms. The van der Waals surface area contributed by atoms with Gasteiger partial charge >= 0.3 is 11.9 Å². The number of rotatable bonds is 9. The average molecular weight is 370 g/mol. The summed E-state index contributed by atoms with van der Waals surface area (Å²) in [5, 5.41) is 0. The minimum absolute atomic E-state index is 0.233. The summed E-state index contributed by atoms with van der Waals surface area (Å²) < 4.78 is 15.3. The number of carbonyl (C=O) groups excluding carboxylic acids is 2. The second kappa shape index (κ2) is 10.4. The molecule has 0 saturated heterocycles. The molecule has 0 saturated carbocycles. The summed E-state index contributed by atoms with van der Waals surface area (Å²) in [6, 6.07) is 16.0. The second-order valence-corrected chi connectivity index (χ2v) is 6.06. The van der Waals surface area contributed by atoms with Gasteiger partial charge in [-0.1, -0.05) is 43.3 Å². The highest BCUT2D eigenvalue weighted by molar-refractivity contribution is 5.94. The maximum absolute atomic E-state index is 12.0. The van der Waals surface area contributed by atoms with Crippen molar-refractivity contribution in [2.24, 2.45) is 5.92 Å². The molecule has 0 N–H and O–H groups in total. The van der Waals surface area contributed by atoms with Gasteiger partial charge in [-0.05, 0) is 42.2 Å². The fraction of sp³-hybridized carbons (Fsp3) is 0.364. The monoisotopic (exact) mass is 370 g/mol. The summed E-state index contributed by atoms with van der Waals surface area (Å²) in [7, 11) is 1.64. The Bertz CT molecular complexity index is 734. The van der Waals surface area contributed by atoms with E-state index in [0.29, 0.717) is 12.8 Å². The van der Waals surface area contributed by atoms with E-state index in [1.54, 1.807) is 21.0 Å².